The number of carbonyl (C=O) groups is 1. The van der Waals surface area contributed by atoms with Crippen LogP contribution in [0.25, 0.3) is 10.9 Å². The van der Waals surface area contributed by atoms with E-state index in [-0.39, 0.29) is 11.9 Å². The minimum absolute atomic E-state index is 0.000132. The molecule has 4 aromatic rings. The second-order valence-electron chi connectivity index (χ2n) is 7.72. The maximum atomic E-state index is 13.5. The van der Waals surface area contributed by atoms with Gasteiger partial charge in [-0.3, -0.25) is 4.79 Å². The van der Waals surface area contributed by atoms with E-state index >= 15 is 0 Å². The fourth-order valence-corrected chi connectivity index (χ4v) is 4.60. The molecule has 0 spiro atoms. The molecule has 0 radical (unpaired) electrons. The molecular formula is C26H23ClN2O2. The van der Waals surface area contributed by atoms with Gasteiger partial charge in [-0.25, -0.2) is 0 Å². The largest absolute Gasteiger partial charge is 0.494 e. The van der Waals surface area contributed by atoms with Crippen LogP contribution in [0.1, 0.15) is 40.1 Å². The SMILES string of the molecule is CCOc1ccc([C@@H]2c3[nH]c4ccccc4c3CCN2C(=O)c2ccc(Cl)cc2)cc1. The van der Waals surface area contributed by atoms with Gasteiger partial charge in [0.2, 0.25) is 0 Å². The van der Waals surface area contributed by atoms with Crippen LogP contribution in [0, 0.1) is 0 Å². The highest BCUT2D eigenvalue weighted by Crippen LogP contribution is 2.39. The number of rotatable bonds is 4. The number of H-pyrrole nitrogens is 1. The van der Waals surface area contributed by atoms with Crippen molar-refractivity contribution in [3.05, 3.63) is 100 Å². The van der Waals surface area contributed by atoms with Crippen LogP contribution >= 0.6 is 11.6 Å². The third-order valence-electron chi connectivity index (χ3n) is 5.89. The minimum atomic E-state index is -0.199. The van der Waals surface area contributed by atoms with Gasteiger partial charge >= 0.3 is 0 Å². The van der Waals surface area contributed by atoms with Crippen molar-refractivity contribution >= 4 is 28.4 Å². The van der Waals surface area contributed by atoms with Crippen LogP contribution in [-0.2, 0) is 6.42 Å². The van der Waals surface area contributed by atoms with Gasteiger partial charge in [-0.1, -0.05) is 41.9 Å². The van der Waals surface area contributed by atoms with E-state index in [9.17, 15) is 4.79 Å². The van der Waals surface area contributed by atoms with Crippen molar-refractivity contribution in [1.29, 1.82) is 0 Å². The summed E-state index contributed by atoms with van der Waals surface area (Å²) < 4.78 is 5.62. The summed E-state index contributed by atoms with van der Waals surface area (Å²) in [4.78, 5) is 19.1. The van der Waals surface area contributed by atoms with Crippen LogP contribution in [0.3, 0.4) is 0 Å². The van der Waals surface area contributed by atoms with Gasteiger partial charge in [0, 0.05) is 33.7 Å². The quantitative estimate of drug-likeness (QED) is 0.431. The molecule has 3 aromatic carbocycles. The summed E-state index contributed by atoms with van der Waals surface area (Å²) >= 11 is 6.04. The molecule has 2 heterocycles. The predicted molar refractivity (Wildman–Crippen MR) is 124 cm³/mol. The second kappa shape index (κ2) is 8.12. The number of para-hydroxylation sites is 1. The number of amides is 1. The highest BCUT2D eigenvalue weighted by Gasteiger charge is 2.34. The number of fused-ring (bicyclic) bond motifs is 3. The molecule has 0 saturated heterocycles. The fraction of sp³-hybridized carbons (Fsp3) is 0.192. The van der Waals surface area contributed by atoms with Crippen molar-refractivity contribution < 1.29 is 9.53 Å². The Hall–Kier alpha value is -3.24. The Labute approximate surface area is 186 Å². The molecule has 1 atom stereocenters. The lowest BCUT2D eigenvalue weighted by atomic mass is 9.91. The number of nitrogens with zero attached hydrogens (tertiary/aromatic N) is 1. The van der Waals surface area contributed by atoms with Gasteiger partial charge in [0.1, 0.15) is 5.75 Å². The Morgan fingerprint density at radius 2 is 1.81 bits per heavy atom. The normalized spacial score (nSPS) is 15.7. The number of benzene rings is 3. The molecule has 0 saturated carbocycles. The minimum Gasteiger partial charge on any atom is -0.494 e. The van der Waals surface area contributed by atoms with Crippen molar-refractivity contribution in [2.45, 2.75) is 19.4 Å². The van der Waals surface area contributed by atoms with E-state index in [0.717, 1.165) is 28.9 Å². The highest BCUT2D eigenvalue weighted by atomic mass is 35.5. The Morgan fingerprint density at radius 3 is 2.55 bits per heavy atom. The van der Waals surface area contributed by atoms with E-state index in [0.29, 0.717) is 23.7 Å². The monoisotopic (exact) mass is 430 g/mol. The number of carbonyl (C=O) groups excluding carboxylic acids is 1. The summed E-state index contributed by atoms with van der Waals surface area (Å²) in [6, 6.07) is 23.3. The van der Waals surface area contributed by atoms with Crippen LogP contribution in [0.2, 0.25) is 5.02 Å². The van der Waals surface area contributed by atoms with E-state index in [1.807, 2.05) is 30.0 Å². The lowest BCUT2D eigenvalue weighted by Gasteiger charge is -2.36. The summed E-state index contributed by atoms with van der Waals surface area (Å²) in [5.41, 5.74) is 5.16. The van der Waals surface area contributed by atoms with Crippen molar-refractivity contribution in [3.63, 3.8) is 0 Å². The molecule has 0 aliphatic carbocycles. The molecule has 1 N–H and O–H groups in total. The molecule has 0 bridgehead atoms. The van der Waals surface area contributed by atoms with Crippen molar-refractivity contribution in [2.75, 3.05) is 13.2 Å². The summed E-state index contributed by atoms with van der Waals surface area (Å²) in [7, 11) is 0. The van der Waals surface area contributed by atoms with Crippen LogP contribution in [0.5, 0.6) is 5.75 Å². The number of aromatic nitrogens is 1. The van der Waals surface area contributed by atoms with Crippen molar-refractivity contribution in [3.8, 4) is 5.75 Å². The van der Waals surface area contributed by atoms with Crippen LogP contribution in [0.4, 0.5) is 0 Å². The van der Waals surface area contributed by atoms with E-state index in [2.05, 4.69) is 35.3 Å². The molecule has 5 rings (SSSR count). The van der Waals surface area contributed by atoms with E-state index in [4.69, 9.17) is 16.3 Å². The molecule has 31 heavy (non-hydrogen) atoms. The summed E-state index contributed by atoms with van der Waals surface area (Å²) in [5.74, 6) is 0.828. The zero-order valence-electron chi connectivity index (χ0n) is 17.3. The number of hydrogen-bond acceptors (Lipinski definition) is 2. The molecular weight excluding hydrogens is 408 g/mol. The Kier molecular flexibility index (Phi) is 5.16. The Morgan fingerprint density at radius 1 is 1.06 bits per heavy atom. The molecule has 1 aliphatic rings. The average Bonchev–Trinajstić information content (AvgIpc) is 3.18. The topological polar surface area (TPSA) is 45.3 Å². The lowest BCUT2D eigenvalue weighted by Crippen LogP contribution is -2.40. The standard InChI is InChI=1S/C26H23ClN2O2/c1-2-31-20-13-9-17(10-14-20)25-24-22(21-5-3-4-6-23(21)28-24)15-16-29(25)26(30)18-7-11-19(27)12-8-18/h3-14,25,28H,2,15-16H2,1H3/t25-/m1/s1. The maximum absolute atomic E-state index is 13.5. The van der Waals surface area contributed by atoms with Gasteiger partial charge in [-0.2, -0.15) is 0 Å². The van der Waals surface area contributed by atoms with Crippen LogP contribution in [-0.4, -0.2) is 28.9 Å². The van der Waals surface area contributed by atoms with E-state index in [1.165, 1.54) is 10.9 Å². The van der Waals surface area contributed by atoms with Gasteiger partial charge in [0.15, 0.2) is 0 Å². The zero-order valence-corrected chi connectivity index (χ0v) is 18.0. The third-order valence-corrected chi connectivity index (χ3v) is 6.15. The van der Waals surface area contributed by atoms with E-state index in [1.54, 1.807) is 24.3 Å². The van der Waals surface area contributed by atoms with Crippen LogP contribution in [0.15, 0.2) is 72.8 Å². The molecule has 0 unspecified atom stereocenters. The first kappa shape index (κ1) is 19.7. The molecule has 5 heteroatoms. The predicted octanol–water partition coefficient (Wildman–Crippen LogP) is 6.01. The van der Waals surface area contributed by atoms with Crippen molar-refractivity contribution in [2.24, 2.45) is 0 Å². The van der Waals surface area contributed by atoms with Crippen molar-refractivity contribution in [1.82, 2.24) is 9.88 Å². The average molecular weight is 431 g/mol. The maximum Gasteiger partial charge on any atom is 0.254 e. The smallest absolute Gasteiger partial charge is 0.254 e. The summed E-state index contributed by atoms with van der Waals surface area (Å²) in [6.45, 7) is 3.24. The van der Waals surface area contributed by atoms with E-state index < -0.39 is 0 Å². The first-order chi connectivity index (χ1) is 15.2. The first-order valence-corrected chi connectivity index (χ1v) is 10.9. The molecule has 4 nitrogen and oxygen atoms in total. The first-order valence-electron chi connectivity index (χ1n) is 10.5. The number of halogens is 1. The highest BCUT2D eigenvalue weighted by molar-refractivity contribution is 6.30. The van der Waals surface area contributed by atoms with Gasteiger partial charge in [-0.15, -0.1) is 0 Å². The number of hydrogen-bond donors (Lipinski definition) is 1. The fourth-order valence-electron chi connectivity index (χ4n) is 4.48. The molecule has 1 amide bonds. The number of ether oxygens (including phenoxy) is 1. The molecule has 1 aliphatic heterocycles. The van der Waals surface area contributed by atoms with Gasteiger partial charge < -0.3 is 14.6 Å². The number of aromatic amines is 1. The van der Waals surface area contributed by atoms with Gasteiger partial charge in [0.25, 0.3) is 5.91 Å². The lowest BCUT2D eigenvalue weighted by molar-refractivity contribution is 0.0692. The summed E-state index contributed by atoms with van der Waals surface area (Å²) in [5, 5.41) is 1.85. The zero-order chi connectivity index (χ0) is 21.4. The molecule has 0 fully saturated rings. The van der Waals surface area contributed by atoms with Gasteiger partial charge in [0.05, 0.1) is 12.6 Å². The Balaban J connectivity index is 1.61. The second-order valence-corrected chi connectivity index (χ2v) is 8.16. The Bertz CT molecular complexity index is 1230. The molecule has 1 aromatic heterocycles. The van der Waals surface area contributed by atoms with Gasteiger partial charge in [-0.05, 0) is 66.9 Å². The summed E-state index contributed by atoms with van der Waals surface area (Å²) in [6.07, 6.45) is 0.812. The third kappa shape index (κ3) is 3.57. The molecule has 156 valence electrons. The number of nitrogens with one attached hydrogen (secondary N) is 1. The van der Waals surface area contributed by atoms with Crippen LogP contribution < -0.4 is 4.74 Å².